The molecule has 0 radical (unpaired) electrons. The van der Waals surface area contributed by atoms with E-state index in [1.165, 1.54) is 61.8 Å². The number of nitrogens with one attached hydrogen (secondary N) is 7. The summed E-state index contributed by atoms with van der Waals surface area (Å²) in [5.41, 5.74) is 18.6. The number of H-pyrrole nitrogens is 4. The topological polar surface area (TPSA) is 169 Å². The third-order valence-electron chi connectivity index (χ3n) is 12.1. The minimum Gasteiger partial charge on any atom is -0.380 e. The Morgan fingerprint density at radius 1 is 0.612 bits per heavy atom. The Kier molecular flexibility index (Phi) is 35.7. The average molecular weight is 1190 g/mol. The Hall–Kier alpha value is -9.33. The molecule has 0 saturated heterocycles. The van der Waals surface area contributed by atoms with Crippen molar-refractivity contribution in [1.29, 1.82) is 6.53 Å². The van der Waals surface area contributed by atoms with Gasteiger partial charge in [0.05, 0.1) is 43.6 Å². The fraction of sp³-hybridized carbons (Fsp3) is 0.143. The van der Waals surface area contributed by atoms with Crippen molar-refractivity contribution < 1.29 is 14.6 Å². The molecule has 7 aromatic carbocycles. The van der Waals surface area contributed by atoms with Gasteiger partial charge in [0.25, 0.3) is 0 Å². The first-order valence-electron chi connectivity index (χ1n) is 27.4. The van der Waals surface area contributed by atoms with Crippen LogP contribution in [0.15, 0.2) is 236 Å². The van der Waals surface area contributed by atoms with Crippen LogP contribution in [0.2, 0.25) is 0 Å². The molecule has 0 fully saturated rings. The lowest BCUT2D eigenvalue weighted by Gasteiger charge is -1.97. The highest BCUT2D eigenvalue weighted by molar-refractivity contribution is 7.88. The van der Waals surface area contributed by atoms with Crippen LogP contribution < -0.4 is 14.6 Å². The molecule has 7 N–H and O–H groups in total. The number of benzene rings is 7. The van der Waals surface area contributed by atoms with Crippen LogP contribution >= 0.6 is 21.4 Å². The molecule has 0 bridgehead atoms. The van der Waals surface area contributed by atoms with Crippen molar-refractivity contribution in [2.24, 2.45) is 17.0 Å². The standard InChI is InChI=1S/C9H10.3C8H7N.3C8H9N.C5H8N2.2C4H6N2.HPS.H2S/c1-3-9-7-5-4-6-8(9)2;3*1-2-4-8-7(3-1)5-6-9-8;2*1-7-5-3-4-6-8(7)9-2;1-7-3-2-4-8(5-7)6-9;1-5-3-6-4-7(5)2;2*1-4-2-5-3-6-4;1-2;/h3-7H,1H2,2H3;2*1-4,6H,5H2;1-6,9H;3*2-6,9H,1H3;3-4H,1-2H3;2*2-3H,1H3,(H,5,6);1H;1H2/p+1/i/hD. The smallest absolute Gasteiger partial charge is 0.241 e. The Morgan fingerprint density at radius 3 is 1.44 bits per heavy atom. The summed E-state index contributed by atoms with van der Waals surface area (Å²) in [4.78, 5) is 32.9. The van der Waals surface area contributed by atoms with Gasteiger partial charge in [-0.15, -0.1) is 0 Å². The van der Waals surface area contributed by atoms with Crippen LogP contribution in [-0.4, -0.2) is 63.1 Å². The van der Waals surface area contributed by atoms with Gasteiger partial charge < -0.3 is 30.3 Å². The Balaban J connectivity index is 0.000000325. The van der Waals surface area contributed by atoms with Gasteiger partial charge in [0.2, 0.25) is 6.33 Å². The second kappa shape index (κ2) is 43.4. The molecule has 0 amide bonds. The van der Waals surface area contributed by atoms with Crippen LogP contribution in [0.1, 0.15) is 61.6 Å². The molecule has 13 rings (SSSR count). The summed E-state index contributed by atoms with van der Waals surface area (Å²) in [6.45, 7) is 28.2. The fourth-order valence-electron chi connectivity index (χ4n) is 7.27. The third-order valence-corrected chi connectivity index (χ3v) is 12.1. The zero-order valence-electron chi connectivity index (χ0n) is 51.0. The van der Waals surface area contributed by atoms with Crippen LogP contribution in [0.4, 0.5) is 22.7 Å². The summed E-state index contributed by atoms with van der Waals surface area (Å²) in [5.74, 6) is 0. The lowest BCUT2D eigenvalue weighted by molar-refractivity contribution is -0.676. The van der Waals surface area contributed by atoms with Gasteiger partial charge in [-0.1, -0.05) is 207 Å². The summed E-state index contributed by atoms with van der Waals surface area (Å²) in [6, 6.07) is 58.5. The van der Waals surface area contributed by atoms with Crippen LogP contribution in [-0.2, 0) is 31.7 Å². The molecular formula is C70H82N12PS2+. The molecule has 11 aromatic rings. The molecule has 6 heterocycles. The quantitative estimate of drug-likeness (QED) is 0.0404. The Labute approximate surface area is 519 Å². The normalized spacial score (nSPS) is 9.96. The molecule has 12 nitrogen and oxygen atoms in total. The average Bonchev–Trinajstić information content (AvgIpc) is 4.60. The predicted octanol–water partition coefficient (Wildman–Crippen LogP) is 13.5. The highest BCUT2D eigenvalue weighted by Crippen LogP contribution is 2.23. The van der Waals surface area contributed by atoms with Crippen molar-refractivity contribution >= 4 is 105 Å². The Morgan fingerprint density at radius 2 is 1.09 bits per heavy atom. The monoisotopic (exact) mass is 1190 g/mol. The summed E-state index contributed by atoms with van der Waals surface area (Å²) < 4.78 is 7.47. The van der Waals surface area contributed by atoms with E-state index in [-0.39, 0.29) is 0 Å². The number of hydrogen-bond acceptors (Lipinski definition) is 6. The molecule has 85 heavy (non-hydrogen) atoms. The Bertz CT molecular complexity index is 3400. The molecule has 0 unspecified atom stereocenters. The maximum absolute atomic E-state index is 6.92. The van der Waals surface area contributed by atoms with Crippen molar-refractivity contribution in [3.05, 3.63) is 288 Å². The van der Waals surface area contributed by atoms with Crippen molar-refractivity contribution in [3.8, 4) is 0 Å². The lowest BCUT2D eigenvalue weighted by atomic mass is 10.1. The van der Waals surface area contributed by atoms with E-state index in [0.717, 1.165) is 52.5 Å². The van der Waals surface area contributed by atoms with Gasteiger partial charge in [0.15, 0.2) is 0 Å². The van der Waals surface area contributed by atoms with Gasteiger partial charge in [0, 0.05) is 87.3 Å². The molecule has 15 heteroatoms. The molecule has 438 valence electrons. The molecular weight excluding hydrogens is 1100 g/mol. The minimum absolute atomic E-state index is 0.968. The molecule has 2 aliphatic rings. The number of imidazole rings is 3. The second-order valence-corrected chi connectivity index (χ2v) is 18.6. The van der Waals surface area contributed by atoms with Gasteiger partial charge in [-0.25, -0.2) is 19.5 Å². The fourth-order valence-corrected chi connectivity index (χ4v) is 7.27. The number of fused-ring (bicyclic) bond motifs is 3. The van der Waals surface area contributed by atoms with E-state index >= 15 is 0 Å². The van der Waals surface area contributed by atoms with Crippen LogP contribution in [0.5, 0.6) is 0 Å². The van der Waals surface area contributed by atoms with Gasteiger partial charge in [-0.2, -0.15) is 13.4 Å². The maximum Gasteiger partial charge on any atom is 0.241 e. The number of aryl methyl sites for hydroxylation is 8. The number of rotatable bonds is 4. The number of aromatic amines is 4. The highest BCUT2D eigenvalue weighted by atomic mass is 32.4. The molecule has 0 aliphatic carbocycles. The summed E-state index contributed by atoms with van der Waals surface area (Å²) in [5, 5.41) is 8.19. The van der Waals surface area contributed by atoms with Crippen molar-refractivity contribution in [1.82, 2.24) is 29.9 Å². The van der Waals surface area contributed by atoms with Gasteiger partial charge >= 0.3 is 0 Å². The molecule has 0 saturated carbocycles. The zero-order valence-corrected chi connectivity index (χ0v) is 52.7. The van der Waals surface area contributed by atoms with E-state index in [0.29, 0.717) is 0 Å². The summed E-state index contributed by atoms with van der Waals surface area (Å²) in [7, 11) is 4.56. The van der Waals surface area contributed by atoms with Crippen LogP contribution in [0.25, 0.3) is 17.0 Å². The predicted molar refractivity (Wildman–Crippen MR) is 370 cm³/mol. The number of hydrogen-bond donors (Lipinski definition) is 7. The number of nitrogens with zero attached hydrogens (tertiary/aromatic N) is 5. The molecule has 4 aromatic heterocycles. The van der Waals surface area contributed by atoms with Crippen molar-refractivity contribution in [3.63, 3.8) is 0 Å². The summed E-state index contributed by atoms with van der Waals surface area (Å²) >= 11 is 6.67. The zero-order chi connectivity index (χ0) is 63.2. The lowest BCUT2D eigenvalue weighted by Crippen LogP contribution is -2.58. The van der Waals surface area contributed by atoms with Crippen molar-refractivity contribution in [2.45, 2.75) is 61.3 Å². The van der Waals surface area contributed by atoms with Crippen LogP contribution in [0.3, 0.4) is 0 Å². The van der Waals surface area contributed by atoms with Gasteiger partial charge in [-0.05, 0) is 93.2 Å². The first kappa shape index (κ1) is 69.9. The first-order chi connectivity index (χ1) is 41.8. The third kappa shape index (κ3) is 29.0. The largest absolute Gasteiger partial charge is 0.380 e. The van der Waals surface area contributed by atoms with E-state index in [2.05, 4.69) is 146 Å². The van der Waals surface area contributed by atoms with E-state index in [1.807, 2.05) is 217 Å². The number of para-hydroxylation sites is 5. The summed E-state index contributed by atoms with van der Waals surface area (Å²) in [6.07, 6.45) is 21.8. The molecule has 0 atom stereocenters. The first-order valence-corrected chi connectivity index (χ1v) is 28.6. The molecule has 0 spiro atoms. The van der Waals surface area contributed by atoms with E-state index < -0.39 is 0 Å². The molecule has 2 aliphatic heterocycles. The minimum atomic E-state index is 0.968. The highest BCUT2D eigenvalue weighted by Gasteiger charge is 2.03. The van der Waals surface area contributed by atoms with E-state index in [1.54, 1.807) is 25.0 Å². The van der Waals surface area contributed by atoms with E-state index in [9.17, 15) is 0 Å². The van der Waals surface area contributed by atoms with Crippen LogP contribution in [0, 0.1) is 53.9 Å². The second-order valence-electron chi connectivity index (χ2n) is 18.6. The van der Waals surface area contributed by atoms with Crippen molar-refractivity contribution in [2.75, 3.05) is 0 Å². The van der Waals surface area contributed by atoms with Gasteiger partial charge in [0.1, 0.15) is 11.9 Å². The SMILES string of the molecule is C1=Nc2ccccc2C1.C1=Nc2ccccc2C1.C=Cc1ccccc1C.Cc1c[nH]c[n+]1C.Cc1cccc(C=N)c1.Cc1cnc[nH]1.Cc1cnc[nH]1.P=S.[2H]S.[CH-]=[NH+]c1ccccc1C.[CH-]=[NH+]c1ccccc1C.c1ccc2[nH]ccc2c1. The number of aromatic nitrogens is 7. The maximum atomic E-state index is 6.92. The number of aliphatic imine (C=N–C) groups is 2. The van der Waals surface area contributed by atoms with E-state index in [4.69, 9.17) is 20.0 Å². The van der Waals surface area contributed by atoms with Gasteiger partial charge in [-0.3, -0.25) is 9.98 Å².